The molecule has 0 bridgehead atoms. The Kier molecular flexibility index (Phi) is 3.22. The molecule has 0 saturated heterocycles. The molecule has 0 fully saturated rings. The lowest BCUT2D eigenvalue weighted by molar-refractivity contribution is 1.09. The lowest BCUT2D eigenvalue weighted by Crippen LogP contribution is -1.98. The van der Waals surface area contributed by atoms with Crippen LogP contribution in [0.2, 0.25) is 5.02 Å². The van der Waals surface area contributed by atoms with E-state index in [1.165, 1.54) is 5.56 Å². The van der Waals surface area contributed by atoms with E-state index in [-0.39, 0.29) is 0 Å². The van der Waals surface area contributed by atoms with Gasteiger partial charge in [-0.1, -0.05) is 33.6 Å². The predicted octanol–water partition coefficient (Wildman–Crippen LogP) is 4.62. The molecule has 0 aliphatic rings. The summed E-state index contributed by atoms with van der Waals surface area (Å²) in [5, 5.41) is 0.676. The lowest BCUT2D eigenvalue weighted by atomic mass is 10.1. The zero-order valence-electron chi connectivity index (χ0n) is 11.1. The Morgan fingerprint density at radius 3 is 2.65 bits per heavy atom. The zero-order valence-corrected chi connectivity index (χ0v) is 13.5. The van der Waals surface area contributed by atoms with Gasteiger partial charge in [-0.15, -0.1) is 0 Å². The number of nitrogen functional groups attached to an aromatic ring is 1. The third-order valence-electron chi connectivity index (χ3n) is 3.27. The highest BCUT2D eigenvalue weighted by atomic mass is 79.9. The van der Waals surface area contributed by atoms with Gasteiger partial charge in [-0.25, -0.2) is 4.98 Å². The Bertz CT molecular complexity index is 824. The average molecular weight is 351 g/mol. The van der Waals surface area contributed by atoms with Crippen molar-refractivity contribution >= 4 is 39.0 Å². The van der Waals surface area contributed by atoms with Gasteiger partial charge >= 0.3 is 0 Å². The molecule has 0 radical (unpaired) electrons. The number of imidazole rings is 1. The number of halogens is 2. The molecule has 0 amide bonds. The fourth-order valence-corrected chi connectivity index (χ4v) is 3.31. The number of hydrogen-bond acceptors (Lipinski definition) is 2. The summed E-state index contributed by atoms with van der Waals surface area (Å²) >= 11 is 9.50. The first kappa shape index (κ1) is 13.5. The molecule has 20 heavy (non-hydrogen) atoms. The Balaban J connectivity index is 2.32. The number of nitrogens with two attached hydrogens (primary N) is 1. The summed E-state index contributed by atoms with van der Waals surface area (Å²) < 4.78 is 2.85. The number of anilines is 1. The summed E-state index contributed by atoms with van der Waals surface area (Å²) in [4.78, 5) is 4.66. The molecule has 2 N–H and O–H groups in total. The van der Waals surface area contributed by atoms with Crippen LogP contribution in [0.25, 0.3) is 16.9 Å². The molecule has 0 spiro atoms. The van der Waals surface area contributed by atoms with Gasteiger partial charge in [0.25, 0.3) is 0 Å². The van der Waals surface area contributed by atoms with Gasteiger partial charge in [-0.2, -0.15) is 0 Å². The van der Waals surface area contributed by atoms with E-state index in [0.29, 0.717) is 10.8 Å². The number of pyridine rings is 1. The van der Waals surface area contributed by atoms with Gasteiger partial charge in [-0.05, 0) is 43.7 Å². The average Bonchev–Trinajstić information content (AvgIpc) is 2.66. The van der Waals surface area contributed by atoms with E-state index in [4.69, 9.17) is 17.3 Å². The predicted molar refractivity (Wildman–Crippen MR) is 87.2 cm³/mol. The maximum absolute atomic E-state index is 6.28. The number of aryl methyl sites for hydroxylation is 2. The van der Waals surface area contributed by atoms with Crippen molar-refractivity contribution in [1.82, 2.24) is 9.38 Å². The van der Waals surface area contributed by atoms with Crippen molar-refractivity contribution in [2.75, 3.05) is 5.73 Å². The standard InChI is InChI=1S/C15H13BrClN3/c1-8-5-9(2)20-13(6-8)19-14(15(20)18)11-4-3-10(17)7-12(11)16/h3-7H,18H2,1-2H3. The molecule has 2 aromatic heterocycles. The van der Waals surface area contributed by atoms with Gasteiger partial charge in [0.2, 0.25) is 0 Å². The summed E-state index contributed by atoms with van der Waals surface area (Å²) in [7, 11) is 0. The molecule has 102 valence electrons. The van der Waals surface area contributed by atoms with Crippen LogP contribution in [0.5, 0.6) is 0 Å². The fourth-order valence-electron chi connectivity index (χ4n) is 2.44. The van der Waals surface area contributed by atoms with Crippen LogP contribution < -0.4 is 5.73 Å². The first-order valence-electron chi connectivity index (χ1n) is 6.18. The minimum Gasteiger partial charge on any atom is -0.383 e. The second kappa shape index (κ2) is 4.79. The number of aromatic nitrogens is 2. The minimum absolute atomic E-state index is 0.639. The molecule has 3 nitrogen and oxygen atoms in total. The van der Waals surface area contributed by atoms with Gasteiger partial charge in [0, 0.05) is 20.8 Å². The molecule has 3 aromatic rings. The van der Waals surface area contributed by atoms with E-state index in [9.17, 15) is 0 Å². The van der Waals surface area contributed by atoms with Crippen LogP contribution in [0, 0.1) is 13.8 Å². The van der Waals surface area contributed by atoms with Crippen molar-refractivity contribution in [1.29, 1.82) is 0 Å². The summed E-state index contributed by atoms with van der Waals surface area (Å²) in [6, 6.07) is 9.72. The van der Waals surface area contributed by atoms with Crippen LogP contribution in [0.3, 0.4) is 0 Å². The third kappa shape index (κ3) is 2.09. The highest BCUT2D eigenvalue weighted by Crippen LogP contribution is 2.34. The third-order valence-corrected chi connectivity index (χ3v) is 4.16. The smallest absolute Gasteiger partial charge is 0.139 e. The Hall–Kier alpha value is -1.52. The van der Waals surface area contributed by atoms with Crippen LogP contribution in [0.1, 0.15) is 11.3 Å². The largest absolute Gasteiger partial charge is 0.383 e. The second-order valence-electron chi connectivity index (χ2n) is 4.84. The Morgan fingerprint density at radius 1 is 1.20 bits per heavy atom. The number of nitrogens with zero attached hydrogens (tertiary/aromatic N) is 2. The van der Waals surface area contributed by atoms with Gasteiger partial charge in [-0.3, -0.25) is 4.40 Å². The molecule has 2 heterocycles. The SMILES string of the molecule is Cc1cc(C)n2c(N)c(-c3ccc(Cl)cc3Br)nc2c1. The van der Waals surface area contributed by atoms with E-state index in [2.05, 4.69) is 33.9 Å². The van der Waals surface area contributed by atoms with E-state index in [0.717, 1.165) is 27.1 Å². The summed E-state index contributed by atoms with van der Waals surface area (Å²) in [5.41, 5.74) is 11.1. The van der Waals surface area contributed by atoms with Crippen LogP contribution in [0.15, 0.2) is 34.8 Å². The van der Waals surface area contributed by atoms with Crippen LogP contribution >= 0.6 is 27.5 Å². The van der Waals surface area contributed by atoms with Gasteiger partial charge in [0.15, 0.2) is 0 Å². The molecule has 0 saturated carbocycles. The quantitative estimate of drug-likeness (QED) is 0.696. The van der Waals surface area contributed by atoms with Crippen LogP contribution in [-0.4, -0.2) is 9.38 Å². The first-order valence-corrected chi connectivity index (χ1v) is 7.35. The highest BCUT2D eigenvalue weighted by Gasteiger charge is 2.15. The van der Waals surface area contributed by atoms with E-state index < -0.39 is 0 Å². The van der Waals surface area contributed by atoms with E-state index in [1.807, 2.05) is 35.6 Å². The van der Waals surface area contributed by atoms with Crippen molar-refractivity contribution in [3.63, 3.8) is 0 Å². The molecule has 1 aromatic carbocycles. The van der Waals surface area contributed by atoms with Crippen molar-refractivity contribution < 1.29 is 0 Å². The Morgan fingerprint density at radius 2 is 1.95 bits per heavy atom. The molecular weight excluding hydrogens is 338 g/mol. The number of benzene rings is 1. The summed E-state index contributed by atoms with van der Waals surface area (Å²) in [6.07, 6.45) is 0. The topological polar surface area (TPSA) is 43.3 Å². The zero-order chi connectivity index (χ0) is 14.4. The number of fused-ring (bicyclic) bond motifs is 1. The van der Waals surface area contributed by atoms with Gasteiger partial charge < -0.3 is 5.73 Å². The Labute approximate surface area is 130 Å². The highest BCUT2D eigenvalue weighted by molar-refractivity contribution is 9.10. The molecule has 0 aliphatic carbocycles. The maximum atomic E-state index is 6.28. The molecular formula is C15H13BrClN3. The van der Waals surface area contributed by atoms with E-state index >= 15 is 0 Å². The number of hydrogen-bond donors (Lipinski definition) is 1. The fraction of sp³-hybridized carbons (Fsp3) is 0.133. The monoisotopic (exact) mass is 349 g/mol. The lowest BCUT2D eigenvalue weighted by Gasteiger charge is -2.05. The maximum Gasteiger partial charge on any atom is 0.139 e. The van der Waals surface area contributed by atoms with Crippen molar-refractivity contribution in [2.45, 2.75) is 13.8 Å². The normalized spacial score (nSPS) is 11.2. The second-order valence-corrected chi connectivity index (χ2v) is 6.13. The summed E-state index contributed by atoms with van der Waals surface area (Å²) in [5.74, 6) is 0.639. The van der Waals surface area contributed by atoms with Gasteiger partial charge in [0.05, 0.1) is 0 Å². The molecule has 0 aliphatic heterocycles. The van der Waals surface area contributed by atoms with Gasteiger partial charge in [0.1, 0.15) is 17.2 Å². The summed E-state index contributed by atoms with van der Waals surface area (Å²) in [6.45, 7) is 4.08. The molecule has 0 atom stereocenters. The van der Waals surface area contributed by atoms with Crippen molar-refractivity contribution in [3.8, 4) is 11.3 Å². The minimum atomic E-state index is 0.639. The van der Waals surface area contributed by atoms with Crippen molar-refractivity contribution in [3.05, 3.63) is 51.1 Å². The van der Waals surface area contributed by atoms with Crippen LogP contribution in [-0.2, 0) is 0 Å². The van der Waals surface area contributed by atoms with Crippen LogP contribution in [0.4, 0.5) is 5.82 Å². The molecule has 0 unspecified atom stereocenters. The molecule has 3 rings (SSSR count). The molecule has 5 heteroatoms. The number of rotatable bonds is 1. The first-order chi connectivity index (χ1) is 9.47. The van der Waals surface area contributed by atoms with Crippen molar-refractivity contribution in [2.24, 2.45) is 0 Å². The van der Waals surface area contributed by atoms with E-state index in [1.54, 1.807) is 0 Å².